The van der Waals surface area contributed by atoms with Crippen molar-refractivity contribution in [1.82, 2.24) is 10.2 Å². The van der Waals surface area contributed by atoms with E-state index in [0.29, 0.717) is 12.0 Å². The Morgan fingerprint density at radius 2 is 1.96 bits per heavy atom. The van der Waals surface area contributed by atoms with Crippen LogP contribution in [0.3, 0.4) is 0 Å². The van der Waals surface area contributed by atoms with Crippen LogP contribution in [0.1, 0.15) is 59.3 Å². The third-order valence-electron chi connectivity index (χ3n) is 4.62. The van der Waals surface area contributed by atoms with E-state index in [1.54, 1.807) is 0 Å². The summed E-state index contributed by atoms with van der Waals surface area (Å²) in [4.78, 5) is 13.9. The zero-order valence-electron chi connectivity index (χ0n) is 15.1. The van der Waals surface area contributed by atoms with E-state index in [2.05, 4.69) is 5.32 Å². The van der Waals surface area contributed by atoms with E-state index in [1.807, 2.05) is 25.7 Å². The fourth-order valence-electron chi connectivity index (χ4n) is 3.25. The molecule has 1 atom stereocenters. The van der Waals surface area contributed by atoms with Gasteiger partial charge < -0.3 is 19.7 Å². The van der Waals surface area contributed by atoms with Crippen LogP contribution in [0.5, 0.6) is 0 Å². The number of amides is 1. The number of likely N-dealkylation sites (tertiary alicyclic amines) is 1. The van der Waals surface area contributed by atoms with Crippen molar-refractivity contribution in [1.29, 1.82) is 0 Å². The summed E-state index contributed by atoms with van der Waals surface area (Å²) in [6.45, 7) is 10.4. The molecular weight excluding hydrogens is 292 g/mol. The molecule has 0 spiro atoms. The zero-order chi connectivity index (χ0) is 16.7. The Morgan fingerprint density at radius 3 is 2.57 bits per heavy atom. The molecule has 134 valence electrons. The standard InChI is InChI=1S/C18H34N2O3/c1-18(2,3)23-17(21)20-11-8-15(9-12-20)14-19-10-7-16-6-4-5-13-22-16/h15-16,19H,4-14H2,1-3H3. The lowest BCUT2D eigenvalue weighted by atomic mass is 9.97. The number of nitrogens with one attached hydrogen (secondary N) is 1. The molecular formula is C18H34N2O3. The van der Waals surface area contributed by atoms with Gasteiger partial charge in [0.15, 0.2) is 0 Å². The number of ether oxygens (including phenoxy) is 2. The fraction of sp³-hybridized carbons (Fsp3) is 0.944. The molecule has 2 rings (SSSR count). The molecule has 23 heavy (non-hydrogen) atoms. The van der Waals surface area contributed by atoms with Gasteiger partial charge in [0.2, 0.25) is 0 Å². The average Bonchev–Trinajstić information content (AvgIpc) is 2.51. The number of carbonyl (C=O) groups excluding carboxylic acids is 1. The van der Waals surface area contributed by atoms with E-state index in [1.165, 1.54) is 19.3 Å². The Morgan fingerprint density at radius 1 is 1.22 bits per heavy atom. The molecule has 5 nitrogen and oxygen atoms in total. The normalized spacial score (nSPS) is 23.8. The highest BCUT2D eigenvalue weighted by Crippen LogP contribution is 2.19. The van der Waals surface area contributed by atoms with E-state index in [9.17, 15) is 4.79 Å². The molecule has 0 aromatic heterocycles. The van der Waals surface area contributed by atoms with Crippen LogP contribution in [-0.2, 0) is 9.47 Å². The third kappa shape index (κ3) is 7.08. The molecule has 0 bridgehead atoms. The zero-order valence-corrected chi connectivity index (χ0v) is 15.1. The lowest BCUT2D eigenvalue weighted by Gasteiger charge is -2.33. The van der Waals surface area contributed by atoms with Crippen molar-refractivity contribution in [3.05, 3.63) is 0 Å². The lowest BCUT2D eigenvalue weighted by Crippen LogP contribution is -2.43. The summed E-state index contributed by atoms with van der Waals surface area (Å²) >= 11 is 0. The maximum absolute atomic E-state index is 12.0. The minimum atomic E-state index is -0.406. The molecule has 1 unspecified atom stereocenters. The highest BCUT2D eigenvalue weighted by Gasteiger charge is 2.26. The third-order valence-corrected chi connectivity index (χ3v) is 4.62. The largest absolute Gasteiger partial charge is 0.444 e. The molecule has 0 aromatic carbocycles. The summed E-state index contributed by atoms with van der Waals surface area (Å²) in [7, 11) is 0. The molecule has 0 radical (unpaired) electrons. The van der Waals surface area contributed by atoms with Crippen LogP contribution in [0.2, 0.25) is 0 Å². The Hall–Kier alpha value is -0.810. The van der Waals surface area contributed by atoms with E-state index in [0.717, 1.165) is 52.0 Å². The van der Waals surface area contributed by atoms with Gasteiger partial charge in [-0.15, -0.1) is 0 Å². The summed E-state index contributed by atoms with van der Waals surface area (Å²) in [5.41, 5.74) is -0.406. The average molecular weight is 326 g/mol. The first-order valence-electron chi connectivity index (χ1n) is 9.24. The minimum Gasteiger partial charge on any atom is -0.444 e. The molecule has 0 aromatic rings. The van der Waals surface area contributed by atoms with Crippen molar-refractivity contribution in [3.8, 4) is 0 Å². The number of nitrogens with zero attached hydrogens (tertiary/aromatic N) is 1. The van der Waals surface area contributed by atoms with Crippen LogP contribution >= 0.6 is 0 Å². The summed E-state index contributed by atoms with van der Waals surface area (Å²) in [6, 6.07) is 0. The molecule has 2 heterocycles. The van der Waals surface area contributed by atoms with Gasteiger partial charge in [-0.3, -0.25) is 0 Å². The summed E-state index contributed by atoms with van der Waals surface area (Å²) < 4.78 is 11.2. The van der Waals surface area contributed by atoms with Gasteiger partial charge >= 0.3 is 6.09 Å². The maximum atomic E-state index is 12.0. The van der Waals surface area contributed by atoms with Gasteiger partial charge in [-0.2, -0.15) is 0 Å². The quantitative estimate of drug-likeness (QED) is 0.788. The van der Waals surface area contributed by atoms with Crippen molar-refractivity contribution < 1.29 is 14.3 Å². The fourth-order valence-corrected chi connectivity index (χ4v) is 3.25. The number of rotatable bonds is 5. The van der Waals surface area contributed by atoms with Crippen LogP contribution < -0.4 is 5.32 Å². The lowest BCUT2D eigenvalue weighted by molar-refractivity contribution is 0.0108. The van der Waals surface area contributed by atoms with Gasteiger partial charge in [0.25, 0.3) is 0 Å². The van der Waals surface area contributed by atoms with Crippen molar-refractivity contribution in [2.45, 2.75) is 71.0 Å². The second kappa shape index (κ2) is 8.88. The van der Waals surface area contributed by atoms with Gasteiger partial charge in [0, 0.05) is 19.7 Å². The van der Waals surface area contributed by atoms with Gasteiger partial charge in [-0.1, -0.05) is 0 Å². The minimum absolute atomic E-state index is 0.168. The molecule has 2 aliphatic rings. The molecule has 1 amide bonds. The maximum Gasteiger partial charge on any atom is 0.410 e. The Labute approximate surface area is 141 Å². The first-order valence-corrected chi connectivity index (χ1v) is 9.24. The van der Waals surface area contributed by atoms with Gasteiger partial charge in [0.05, 0.1) is 6.10 Å². The van der Waals surface area contributed by atoms with Crippen LogP contribution in [0, 0.1) is 5.92 Å². The SMILES string of the molecule is CC(C)(C)OC(=O)N1CCC(CNCCC2CCCCO2)CC1. The van der Waals surface area contributed by atoms with Crippen LogP contribution in [0.25, 0.3) is 0 Å². The first kappa shape index (κ1) is 18.5. The summed E-state index contributed by atoms with van der Waals surface area (Å²) in [6.07, 6.45) is 7.29. The highest BCUT2D eigenvalue weighted by atomic mass is 16.6. The Kier molecular flexibility index (Phi) is 7.15. The monoisotopic (exact) mass is 326 g/mol. The Bertz CT molecular complexity index is 354. The molecule has 0 aliphatic carbocycles. The Balaban J connectivity index is 1.55. The molecule has 0 saturated carbocycles. The number of piperidine rings is 1. The van der Waals surface area contributed by atoms with Crippen molar-refractivity contribution >= 4 is 6.09 Å². The molecule has 5 heteroatoms. The number of carbonyl (C=O) groups is 1. The van der Waals surface area contributed by atoms with Crippen LogP contribution in [0.4, 0.5) is 4.79 Å². The second-order valence-corrected chi connectivity index (χ2v) is 7.89. The van der Waals surface area contributed by atoms with Crippen LogP contribution in [0.15, 0.2) is 0 Å². The van der Waals surface area contributed by atoms with Crippen molar-refractivity contribution in [3.63, 3.8) is 0 Å². The van der Waals surface area contributed by atoms with Gasteiger partial charge in [-0.25, -0.2) is 4.79 Å². The van der Waals surface area contributed by atoms with E-state index >= 15 is 0 Å². The van der Waals surface area contributed by atoms with Crippen molar-refractivity contribution in [2.75, 3.05) is 32.8 Å². The van der Waals surface area contributed by atoms with Gasteiger partial charge in [0.1, 0.15) is 5.60 Å². The van der Waals surface area contributed by atoms with Gasteiger partial charge in [-0.05, 0) is 78.3 Å². The second-order valence-electron chi connectivity index (χ2n) is 7.89. The summed E-state index contributed by atoms with van der Waals surface area (Å²) in [5, 5.41) is 3.57. The predicted molar refractivity (Wildman–Crippen MR) is 91.6 cm³/mol. The molecule has 2 aliphatic heterocycles. The van der Waals surface area contributed by atoms with E-state index in [4.69, 9.17) is 9.47 Å². The number of hydrogen-bond acceptors (Lipinski definition) is 4. The molecule has 2 saturated heterocycles. The predicted octanol–water partition coefficient (Wildman–Crippen LogP) is 3.18. The molecule has 1 N–H and O–H groups in total. The smallest absolute Gasteiger partial charge is 0.410 e. The first-order chi connectivity index (χ1) is 10.9. The molecule has 2 fully saturated rings. The van der Waals surface area contributed by atoms with Crippen molar-refractivity contribution in [2.24, 2.45) is 5.92 Å². The number of hydrogen-bond donors (Lipinski definition) is 1. The highest BCUT2D eigenvalue weighted by molar-refractivity contribution is 5.68. The summed E-state index contributed by atoms with van der Waals surface area (Å²) in [5.74, 6) is 0.668. The van der Waals surface area contributed by atoms with Crippen LogP contribution in [-0.4, -0.2) is 55.5 Å². The topological polar surface area (TPSA) is 50.8 Å². The van der Waals surface area contributed by atoms with E-state index < -0.39 is 5.60 Å². The van der Waals surface area contributed by atoms with E-state index in [-0.39, 0.29) is 6.09 Å².